The molecule has 0 unspecified atom stereocenters. The third kappa shape index (κ3) is 3.33. The van der Waals surface area contributed by atoms with Crippen molar-refractivity contribution >= 4 is 5.91 Å². The van der Waals surface area contributed by atoms with Gasteiger partial charge in [0, 0.05) is 18.7 Å². The molecular weight excluding hydrogens is 245 g/mol. The molecule has 1 N–H and O–H groups in total. The van der Waals surface area contributed by atoms with Gasteiger partial charge in [0.1, 0.15) is 12.4 Å². The Morgan fingerprint density at radius 1 is 1.32 bits per heavy atom. The van der Waals surface area contributed by atoms with Gasteiger partial charge in [-0.2, -0.15) is 0 Å². The molecule has 1 aliphatic rings. The van der Waals surface area contributed by atoms with Gasteiger partial charge in [0.2, 0.25) is 0 Å². The van der Waals surface area contributed by atoms with Crippen LogP contribution in [0.15, 0.2) is 18.2 Å². The van der Waals surface area contributed by atoms with Gasteiger partial charge in [0.05, 0.1) is 5.56 Å². The summed E-state index contributed by atoms with van der Waals surface area (Å²) in [6, 6.07) is 4.30. The number of aliphatic hydroxyl groups is 1. The van der Waals surface area contributed by atoms with Crippen molar-refractivity contribution in [2.75, 3.05) is 19.7 Å². The molecule has 0 radical (unpaired) electrons. The summed E-state index contributed by atoms with van der Waals surface area (Å²) in [5.74, 6) is 4.26. The molecule has 1 fully saturated rings. The Balaban J connectivity index is 2.18. The molecule has 1 aromatic rings. The first-order chi connectivity index (χ1) is 9.22. The number of amides is 1. The van der Waals surface area contributed by atoms with E-state index in [4.69, 9.17) is 5.11 Å². The zero-order valence-corrected chi connectivity index (χ0v) is 10.7. The number of benzene rings is 1. The second-order valence-electron chi connectivity index (χ2n) is 4.51. The molecule has 3 nitrogen and oxygen atoms in total. The molecule has 0 spiro atoms. The van der Waals surface area contributed by atoms with Gasteiger partial charge in [0.15, 0.2) is 0 Å². The number of hydrogen-bond acceptors (Lipinski definition) is 2. The van der Waals surface area contributed by atoms with Crippen molar-refractivity contribution in [2.24, 2.45) is 0 Å². The quantitative estimate of drug-likeness (QED) is 0.783. The standard InChI is InChI=1S/C15H16FNO2/c16-14-11-12(5-4-10-18)6-7-13(14)15(19)17-8-2-1-3-9-17/h6-7,11,18H,1-3,8-10H2. The molecule has 2 rings (SSSR count). The number of rotatable bonds is 1. The van der Waals surface area contributed by atoms with Gasteiger partial charge in [-0.05, 0) is 37.5 Å². The molecule has 100 valence electrons. The molecule has 0 atom stereocenters. The summed E-state index contributed by atoms with van der Waals surface area (Å²) >= 11 is 0. The Kier molecular flexibility index (Phi) is 4.53. The summed E-state index contributed by atoms with van der Waals surface area (Å²) in [6.45, 7) is 1.13. The van der Waals surface area contributed by atoms with Gasteiger partial charge < -0.3 is 10.0 Å². The van der Waals surface area contributed by atoms with E-state index in [2.05, 4.69) is 11.8 Å². The number of nitrogens with zero attached hydrogens (tertiary/aromatic N) is 1. The van der Waals surface area contributed by atoms with E-state index in [0.29, 0.717) is 18.7 Å². The predicted molar refractivity (Wildman–Crippen MR) is 70.1 cm³/mol. The minimum Gasteiger partial charge on any atom is -0.384 e. The summed E-state index contributed by atoms with van der Waals surface area (Å²) < 4.78 is 13.9. The molecule has 4 heteroatoms. The summed E-state index contributed by atoms with van der Waals surface area (Å²) in [5.41, 5.74) is 0.554. The van der Waals surface area contributed by atoms with Gasteiger partial charge in [0.25, 0.3) is 5.91 Å². The van der Waals surface area contributed by atoms with Crippen LogP contribution in [-0.2, 0) is 0 Å². The zero-order valence-electron chi connectivity index (χ0n) is 10.7. The summed E-state index contributed by atoms with van der Waals surface area (Å²) in [7, 11) is 0. The smallest absolute Gasteiger partial charge is 0.256 e. The first-order valence-electron chi connectivity index (χ1n) is 6.41. The molecule has 0 bridgehead atoms. The zero-order chi connectivity index (χ0) is 13.7. The van der Waals surface area contributed by atoms with Crippen LogP contribution in [0.25, 0.3) is 0 Å². The Hall–Kier alpha value is -1.86. The number of halogens is 1. The molecule has 1 amide bonds. The fourth-order valence-electron chi connectivity index (χ4n) is 2.18. The third-order valence-electron chi connectivity index (χ3n) is 3.15. The highest BCUT2D eigenvalue weighted by atomic mass is 19.1. The van der Waals surface area contributed by atoms with Crippen LogP contribution in [0, 0.1) is 17.7 Å². The molecule has 1 aromatic carbocycles. The van der Waals surface area contributed by atoms with Crippen LogP contribution in [0.2, 0.25) is 0 Å². The van der Waals surface area contributed by atoms with Crippen LogP contribution in [0.1, 0.15) is 35.2 Å². The third-order valence-corrected chi connectivity index (χ3v) is 3.15. The molecule has 1 heterocycles. The highest BCUT2D eigenvalue weighted by Gasteiger charge is 2.20. The maximum absolute atomic E-state index is 13.9. The van der Waals surface area contributed by atoms with Crippen molar-refractivity contribution < 1.29 is 14.3 Å². The Labute approximate surface area is 112 Å². The number of piperidine rings is 1. The first-order valence-corrected chi connectivity index (χ1v) is 6.41. The van der Waals surface area contributed by atoms with Crippen LogP contribution < -0.4 is 0 Å². The van der Waals surface area contributed by atoms with Crippen LogP contribution in [-0.4, -0.2) is 35.6 Å². The van der Waals surface area contributed by atoms with Gasteiger partial charge in [-0.25, -0.2) is 4.39 Å². The van der Waals surface area contributed by atoms with Crippen LogP contribution in [0.4, 0.5) is 4.39 Å². The number of likely N-dealkylation sites (tertiary alicyclic amines) is 1. The fourth-order valence-corrected chi connectivity index (χ4v) is 2.18. The molecule has 0 saturated carbocycles. The van der Waals surface area contributed by atoms with Crippen molar-refractivity contribution in [3.05, 3.63) is 35.1 Å². The summed E-state index contributed by atoms with van der Waals surface area (Å²) in [4.78, 5) is 13.9. The van der Waals surface area contributed by atoms with E-state index in [1.165, 1.54) is 12.1 Å². The average Bonchev–Trinajstić information content (AvgIpc) is 2.45. The highest BCUT2D eigenvalue weighted by Crippen LogP contribution is 2.16. The predicted octanol–water partition coefficient (Wildman–Crippen LogP) is 1.80. The van der Waals surface area contributed by atoms with Gasteiger partial charge >= 0.3 is 0 Å². The molecule has 1 saturated heterocycles. The van der Waals surface area contributed by atoms with Gasteiger partial charge in [-0.1, -0.05) is 11.8 Å². The Morgan fingerprint density at radius 2 is 2.05 bits per heavy atom. The van der Waals surface area contributed by atoms with Crippen molar-refractivity contribution in [2.45, 2.75) is 19.3 Å². The lowest BCUT2D eigenvalue weighted by Gasteiger charge is -2.26. The van der Waals surface area contributed by atoms with Crippen LogP contribution in [0.5, 0.6) is 0 Å². The molecular formula is C15H16FNO2. The monoisotopic (exact) mass is 261 g/mol. The SMILES string of the molecule is O=C(c1ccc(C#CCO)cc1F)N1CCCCC1. The molecule has 0 aromatic heterocycles. The largest absolute Gasteiger partial charge is 0.384 e. The normalized spacial score (nSPS) is 14.7. The van der Waals surface area contributed by atoms with E-state index in [1.807, 2.05) is 0 Å². The summed E-state index contributed by atoms with van der Waals surface area (Å²) in [6.07, 6.45) is 3.09. The molecule has 0 aliphatic carbocycles. The van der Waals surface area contributed by atoms with Crippen molar-refractivity contribution in [1.29, 1.82) is 0 Å². The lowest BCUT2D eigenvalue weighted by Crippen LogP contribution is -2.36. The van der Waals surface area contributed by atoms with Crippen molar-refractivity contribution in [3.63, 3.8) is 0 Å². The Morgan fingerprint density at radius 3 is 2.68 bits per heavy atom. The van der Waals surface area contributed by atoms with Crippen LogP contribution in [0.3, 0.4) is 0 Å². The van der Waals surface area contributed by atoms with E-state index >= 15 is 0 Å². The lowest BCUT2D eigenvalue weighted by molar-refractivity contribution is 0.0719. The number of aliphatic hydroxyl groups excluding tert-OH is 1. The van der Waals surface area contributed by atoms with E-state index in [-0.39, 0.29) is 18.1 Å². The maximum atomic E-state index is 13.9. The van der Waals surface area contributed by atoms with E-state index in [9.17, 15) is 9.18 Å². The minimum absolute atomic E-state index is 0.0939. The van der Waals surface area contributed by atoms with E-state index in [1.54, 1.807) is 11.0 Å². The second-order valence-corrected chi connectivity index (χ2v) is 4.51. The van der Waals surface area contributed by atoms with E-state index < -0.39 is 5.82 Å². The van der Waals surface area contributed by atoms with Gasteiger partial charge in [-0.15, -0.1) is 0 Å². The molecule has 1 aliphatic heterocycles. The highest BCUT2D eigenvalue weighted by molar-refractivity contribution is 5.94. The van der Waals surface area contributed by atoms with Gasteiger partial charge in [-0.3, -0.25) is 4.79 Å². The fraction of sp³-hybridized carbons (Fsp3) is 0.400. The number of carbonyl (C=O) groups is 1. The number of carbonyl (C=O) groups excluding carboxylic acids is 1. The van der Waals surface area contributed by atoms with Crippen molar-refractivity contribution in [3.8, 4) is 11.8 Å². The second kappa shape index (κ2) is 6.35. The van der Waals surface area contributed by atoms with Crippen molar-refractivity contribution in [1.82, 2.24) is 4.90 Å². The maximum Gasteiger partial charge on any atom is 0.256 e. The topological polar surface area (TPSA) is 40.5 Å². The molecule has 19 heavy (non-hydrogen) atoms. The van der Waals surface area contributed by atoms with Crippen LogP contribution >= 0.6 is 0 Å². The Bertz CT molecular complexity index is 525. The summed E-state index contributed by atoms with van der Waals surface area (Å²) in [5, 5.41) is 8.58. The van der Waals surface area contributed by atoms with E-state index in [0.717, 1.165) is 19.3 Å². The first kappa shape index (κ1) is 13.6. The average molecular weight is 261 g/mol. The minimum atomic E-state index is -0.555. The lowest BCUT2D eigenvalue weighted by atomic mass is 10.1. The number of hydrogen-bond donors (Lipinski definition) is 1.